The van der Waals surface area contributed by atoms with Gasteiger partial charge < -0.3 is 42.1 Å². The first kappa shape index (κ1) is 26.3. The number of aromatic hydroxyl groups is 1. The van der Waals surface area contributed by atoms with Gasteiger partial charge in [-0.1, -0.05) is 12.1 Å². The summed E-state index contributed by atoms with van der Waals surface area (Å²) in [5, 5.41) is 43.5. The number of nitrogens with one attached hydrogen (secondary N) is 3. The summed E-state index contributed by atoms with van der Waals surface area (Å²) in [5.74, 6) is -5.45. The van der Waals surface area contributed by atoms with Gasteiger partial charge in [-0.2, -0.15) is 0 Å². The van der Waals surface area contributed by atoms with Gasteiger partial charge in [0.15, 0.2) is 0 Å². The van der Waals surface area contributed by atoms with Crippen LogP contribution >= 0.6 is 0 Å². The van der Waals surface area contributed by atoms with Gasteiger partial charge in [-0.25, -0.2) is 4.79 Å². The molecule has 0 aliphatic heterocycles. The third-order valence-electron chi connectivity index (χ3n) is 4.23. The van der Waals surface area contributed by atoms with E-state index in [-0.39, 0.29) is 12.2 Å². The van der Waals surface area contributed by atoms with Crippen molar-refractivity contribution in [3.05, 3.63) is 29.8 Å². The van der Waals surface area contributed by atoms with Gasteiger partial charge in [0, 0.05) is 6.42 Å². The van der Waals surface area contributed by atoms with Gasteiger partial charge in [0.25, 0.3) is 0 Å². The first-order valence-corrected chi connectivity index (χ1v) is 9.44. The van der Waals surface area contributed by atoms with Crippen LogP contribution in [0.2, 0.25) is 0 Å². The predicted molar refractivity (Wildman–Crippen MR) is 108 cm³/mol. The van der Waals surface area contributed by atoms with Gasteiger partial charge in [0.05, 0.1) is 25.1 Å². The van der Waals surface area contributed by atoms with E-state index in [1.807, 2.05) is 0 Å². The molecule has 176 valence electrons. The number of aliphatic hydroxyl groups is 1. The first-order chi connectivity index (χ1) is 14.9. The van der Waals surface area contributed by atoms with Crippen molar-refractivity contribution in [2.45, 2.75) is 44.0 Å². The predicted octanol–water partition coefficient (Wildman–Crippen LogP) is -2.71. The maximum Gasteiger partial charge on any atom is 0.326 e. The molecular formula is C19H26N4O9. The third-order valence-corrected chi connectivity index (χ3v) is 4.23. The molecule has 0 aromatic heterocycles. The van der Waals surface area contributed by atoms with Crippen LogP contribution in [-0.2, 0) is 30.4 Å². The third kappa shape index (κ3) is 8.97. The van der Waals surface area contributed by atoms with E-state index in [9.17, 15) is 39.3 Å². The highest BCUT2D eigenvalue weighted by Crippen LogP contribution is 2.11. The van der Waals surface area contributed by atoms with Crippen LogP contribution < -0.4 is 21.7 Å². The number of carbonyl (C=O) groups excluding carboxylic acids is 3. The average Bonchev–Trinajstić information content (AvgIpc) is 2.70. The molecule has 0 bridgehead atoms. The fourth-order valence-corrected chi connectivity index (χ4v) is 2.54. The Hall–Kier alpha value is -3.71. The number of nitrogens with two attached hydrogens (primary N) is 1. The van der Waals surface area contributed by atoms with E-state index in [1.54, 1.807) is 0 Å². The van der Waals surface area contributed by atoms with Crippen LogP contribution in [0.15, 0.2) is 24.3 Å². The lowest BCUT2D eigenvalue weighted by Crippen LogP contribution is -2.57. The quantitative estimate of drug-likeness (QED) is 0.163. The number of hydrogen-bond acceptors (Lipinski definition) is 8. The molecule has 4 unspecified atom stereocenters. The van der Waals surface area contributed by atoms with Gasteiger partial charge in [-0.05, 0) is 24.6 Å². The number of rotatable bonds is 12. The van der Waals surface area contributed by atoms with E-state index in [2.05, 4.69) is 16.0 Å². The second-order valence-corrected chi connectivity index (χ2v) is 6.98. The molecule has 1 aromatic carbocycles. The minimum atomic E-state index is -1.53. The molecular weight excluding hydrogens is 428 g/mol. The highest BCUT2D eigenvalue weighted by Gasteiger charge is 2.29. The molecule has 0 saturated heterocycles. The Kier molecular flexibility index (Phi) is 10.1. The zero-order valence-corrected chi connectivity index (χ0v) is 17.1. The Morgan fingerprint density at radius 2 is 1.59 bits per heavy atom. The number of carboxylic acids is 2. The summed E-state index contributed by atoms with van der Waals surface area (Å²) in [7, 11) is 0. The monoisotopic (exact) mass is 454 g/mol. The van der Waals surface area contributed by atoms with Crippen molar-refractivity contribution in [1.29, 1.82) is 0 Å². The molecule has 0 aliphatic rings. The van der Waals surface area contributed by atoms with Crippen molar-refractivity contribution in [3.63, 3.8) is 0 Å². The van der Waals surface area contributed by atoms with Gasteiger partial charge in [0.1, 0.15) is 17.8 Å². The molecule has 4 atom stereocenters. The van der Waals surface area contributed by atoms with E-state index in [0.717, 1.165) is 0 Å². The van der Waals surface area contributed by atoms with Crippen LogP contribution in [0.1, 0.15) is 18.9 Å². The van der Waals surface area contributed by atoms with Gasteiger partial charge in [0.2, 0.25) is 17.7 Å². The minimum Gasteiger partial charge on any atom is -0.508 e. The van der Waals surface area contributed by atoms with Crippen LogP contribution in [0.25, 0.3) is 0 Å². The molecule has 13 nitrogen and oxygen atoms in total. The van der Waals surface area contributed by atoms with Crippen molar-refractivity contribution in [2.24, 2.45) is 5.73 Å². The first-order valence-electron chi connectivity index (χ1n) is 9.44. The largest absolute Gasteiger partial charge is 0.508 e. The fraction of sp³-hybridized carbons (Fsp3) is 0.421. The molecule has 0 fully saturated rings. The Bertz CT molecular complexity index is 842. The molecule has 0 radical (unpaired) electrons. The number of aliphatic carboxylic acids is 2. The van der Waals surface area contributed by atoms with E-state index >= 15 is 0 Å². The highest BCUT2D eigenvalue weighted by molar-refractivity contribution is 5.93. The van der Waals surface area contributed by atoms with Crippen LogP contribution in [0.4, 0.5) is 0 Å². The molecule has 13 heteroatoms. The summed E-state index contributed by atoms with van der Waals surface area (Å²) >= 11 is 0. The number of amides is 3. The summed E-state index contributed by atoms with van der Waals surface area (Å²) in [6, 6.07) is 1.41. The molecule has 0 heterocycles. The molecule has 1 rings (SSSR count). The second kappa shape index (κ2) is 12.2. The van der Waals surface area contributed by atoms with Crippen molar-refractivity contribution in [2.75, 3.05) is 6.54 Å². The summed E-state index contributed by atoms with van der Waals surface area (Å²) < 4.78 is 0. The van der Waals surface area contributed by atoms with Crippen molar-refractivity contribution >= 4 is 29.7 Å². The molecule has 0 aliphatic carbocycles. The number of aliphatic hydroxyl groups excluding tert-OH is 1. The summed E-state index contributed by atoms with van der Waals surface area (Å²) in [5.41, 5.74) is 5.94. The molecule has 0 saturated carbocycles. The Balaban J connectivity index is 2.65. The van der Waals surface area contributed by atoms with Crippen LogP contribution in [0.5, 0.6) is 5.75 Å². The summed E-state index contributed by atoms with van der Waals surface area (Å²) in [6.45, 7) is 0.532. The number of phenols is 1. The Morgan fingerprint density at radius 3 is 2.09 bits per heavy atom. The van der Waals surface area contributed by atoms with Gasteiger partial charge in [-0.3, -0.25) is 19.2 Å². The summed E-state index contributed by atoms with van der Waals surface area (Å²) in [6.07, 6.45) is -2.18. The standard InChI is InChI=1S/C19H26N4O9/c1-9(24)16(23-17(29)12(20)7-15(27)28)18(30)21-8-14(26)22-13(19(31)32)6-10-2-4-11(25)5-3-10/h2-5,9,12-13,16,24-25H,6-8,20H2,1H3,(H,21,30)(H,22,26)(H,23,29)(H,27,28)(H,31,32). The second-order valence-electron chi connectivity index (χ2n) is 6.98. The maximum atomic E-state index is 12.2. The molecule has 32 heavy (non-hydrogen) atoms. The summed E-state index contributed by atoms with van der Waals surface area (Å²) in [4.78, 5) is 58.3. The zero-order chi connectivity index (χ0) is 24.4. The lowest BCUT2D eigenvalue weighted by atomic mass is 10.1. The molecule has 9 N–H and O–H groups in total. The van der Waals surface area contributed by atoms with Crippen LogP contribution in [-0.4, -0.2) is 80.9 Å². The Labute approximate surface area is 182 Å². The SMILES string of the molecule is CC(O)C(NC(=O)C(N)CC(=O)O)C(=O)NCC(=O)NC(Cc1ccc(O)cc1)C(=O)O. The number of hydrogen-bond donors (Lipinski definition) is 8. The van der Waals surface area contributed by atoms with E-state index < -0.39 is 66.9 Å². The zero-order valence-electron chi connectivity index (χ0n) is 17.1. The molecule has 3 amide bonds. The minimum absolute atomic E-state index is 0.00366. The van der Waals surface area contributed by atoms with E-state index in [1.165, 1.54) is 31.2 Å². The number of carboxylic acid groups (broad SMARTS) is 2. The smallest absolute Gasteiger partial charge is 0.326 e. The van der Waals surface area contributed by atoms with E-state index in [0.29, 0.717) is 5.56 Å². The normalized spacial score (nSPS) is 14.3. The Morgan fingerprint density at radius 1 is 1.00 bits per heavy atom. The van der Waals surface area contributed by atoms with Crippen LogP contribution in [0, 0.1) is 0 Å². The van der Waals surface area contributed by atoms with Crippen LogP contribution in [0.3, 0.4) is 0 Å². The lowest BCUT2D eigenvalue weighted by Gasteiger charge is -2.22. The number of carbonyl (C=O) groups is 5. The molecule has 0 spiro atoms. The molecule has 1 aromatic rings. The topological polar surface area (TPSA) is 228 Å². The highest BCUT2D eigenvalue weighted by atomic mass is 16.4. The number of benzene rings is 1. The van der Waals surface area contributed by atoms with Crippen molar-refractivity contribution in [1.82, 2.24) is 16.0 Å². The van der Waals surface area contributed by atoms with E-state index in [4.69, 9.17) is 10.8 Å². The number of phenolic OH excluding ortho intramolecular Hbond substituents is 1. The maximum absolute atomic E-state index is 12.2. The van der Waals surface area contributed by atoms with Gasteiger partial charge in [-0.15, -0.1) is 0 Å². The van der Waals surface area contributed by atoms with Gasteiger partial charge >= 0.3 is 11.9 Å². The average molecular weight is 454 g/mol. The van der Waals surface area contributed by atoms with Crippen molar-refractivity contribution < 1.29 is 44.4 Å². The fourth-order valence-electron chi connectivity index (χ4n) is 2.54. The lowest BCUT2D eigenvalue weighted by molar-refractivity contribution is -0.141. The van der Waals surface area contributed by atoms with Crippen molar-refractivity contribution in [3.8, 4) is 5.75 Å².